The van der Waals surface area contributed by atoms with Crippen LogP contribution in [-0.4, -0.2) is 59.3 Å². The number of ether oxygens (including phenoxy) is 1. The van der Waals surface area contributed by atoms with Gasteiger partial charge in [-0.05, 0) is 32.5 Å². The normalized spacial score (nSPS) is 15.5. The Labute approximate surface area is 200 Å². The molecule has 1 saturated heterocycles. The monoisotopic (exact) mass is 479 g/mol. The molecule has 2 N–H and O–H groups in total. The lowest BCUT2D eigenvalue weighted by Crippen LogP contribution is -2.22. The third kappa shape index (κ3) is 6.42. The second-order valence-electron chi connectivity index (χ2n) is 8.02. The van der Waals surface area contributed by atoms with Crippen molar-refractivity contribution >= 4 is 28.9 Å². The lowest BCUT2D eigenvalue weighted by molar-refractivity contribution is -0.134. The van der Waals surface area contributed by atoms with Gasteiger partial charge in [-0.3, -0.25) is 4.79 Å². The molecule has 1 aliphatic rings. The van der Waals surface area contributed by atoms with Gasteiger partial charge in [0, 0.05) is 36.4 Å². The summed E-state index contributed by atoms with van der Waals surface area (Å²) < 4.78 is 11.7. The van der Waals surface area contributed by atoms with Crippen molar-refractivity contribution in [3.63, 3.8) is 0 Å². The van der Waals surface area contributed by atoms with Crippen LogP contribution < -0.4 is 5.43 Å². The van der Waals surface area contributed by atoms with E-state index in [2.05, 4.69) is 4.90 Å². The standard InChI is InChI=1S/C22H21NO4.C4H4O4/c1-14-19(24)17-9-6-10-18(22(25)26-16-11-12-23(2)13-16)21(17)27-20(14)15-7-4-3-5-8-15;5-3(6)1-2-4(7)8/h3-10,16H,11-13H2,1-2H3;1-2H,(H,5,6)(H,7,8)/b;2-1+. The summed E-state index contributed by atoms with van der Waals surface area (Å²) in [7, 11) is 2.00. The van der Waals surface area contributed by atoms with Crippen LogP contribution in [0.15, 0.2) is 69.9 Å². The first-order valence-corrected chi connectivity index (χ1v) is 10.8. The number of esters is 1. The Hall–Kier alpha value is -4.24. The Morgan fingerprint density at radius 3 is 2.26 bits per heavy atom. The van der Waals surface area contributed by atoms with E-state index in [4.69, 9.17) is 19.4 Å². The maximum atomic E-state index is 12.9. The number of likely N-dealkylation sites (tertiary alicyclic amines) is 1. The number of carboxylic acid groups (broad SMARTS) is 2. The molecule has 1 aliphatic heterocycles. The maximum absolute atomic E-state index is 12.9. The molecule has 0 radical (unpaired) electrons. The second kappa shape index (κ2) is 11.3. The molecule has 2 aromatic carbocycles. The van der Waals surface area contributed by atoms with Crippen molar-refractivity contribution in [2.24, 2.45) is 0 Å². The third-order valence-corrected chi connectivity index (χ3v) is 5.39. The second-order valence-corrected chi connectivity index (χ2v) is 8.02. The smallest absolute Gasteiger partial charge is 0.342 e. The highest BCUT2D eigenvalue weighted by Gasteiger charge is 2.26. The van der Waals surface area contributed by atoms with E-state index in [0.717, 1.165) is 25.1 Å². The minimum absolute atomic E-state index is 0.134. The molecule has 0 bridgehead atoms. The van der Waals surface area contributed by atoms with Gasteiger partial charge in [0.2, 0.25) is 0 Å². The number of likely N-dealkylation sites (N-methyl/N-ethyl adjacent to an activating group) is 1. The molecule has 4 rings (SSSR count). The number of benzene rings is 2. The zero-order valence-electron chi connectivity index (χ0n) is 19.3. The SMILES string of the molecule is Cc1c(-c2ccccc2)oc2c(C(=O)OC3CCN(C)C3)cccc2c1=O.O=C(O)/C=C/C(=O)O. The average Bonchev–Trinajstić information content (AvgIpc) is 3.25. The van der Waals surface area contributed by atoms with Crippen LogP contribution in [0.3, 0.4) is 0 Å². The fraction of sp³-hybridized carbons (Fsp3) is 0.231. The molecule has 1 unspecified atom stereocenters. The van der Waals surface area contributed by atoms with Crippen LogP contribution >= 0.6 is 0 Å². The first kappa shape index (κ1) is 25.4. The van der Waals surface area contributed by atoms with E-state index < -0.39 is 17.9 Å². The van der Waals surface area contributed by atoms with Gasteiger partial charge in [0.25, 0.3) is 0 Å². The zero-order chi connectivity index (χ0) is 25.5. The fourth-order valence-electron chi connectivity index (χ4n) is 3.68. The van der Waals surface area contributed by atoms with Crippen molar-refractivity contribution in [3.05, 3.63) is 82.0 Å². The molecule has 0 aliphatic carbocycles. The topological polar surface area (TPSA) is 134 Å². The molecule has 3 aromatic rings. The Morgan fingerprint density at radius 2 is 1.69 bits per heavy atom. The van der Waals surface area contributed by atoms with Crippen LogP contribution in [0.2, 0.25) is 0 Å². The third-order valence-electron chi connectivity index (χ3n) is 5.39. The van der Waals surface area contributed by atoms with Crippen LogP contribution in [-0.2, 0) is 14.3 Å². The van der Waals surface area contributed by atoms with Gasteiger partial charge in [-0.1, -0.05) is 36.4 Å². The molecule has 0 spiro atoms. The molecule has 35 heavy (non-hydrogen) atoms. The summed E-state index contributed by atoms with van der Waals surface area (Å²) in [5, 5.41) is 16.0. The molecule has 182 valence electrons. The quantitative estimate of drug-likeness (QED) is 0.417. The predicted octanol–water partition coefficient (Wildman–Crippen LogP) is 3.34. The first-order chi connectivity index (χ1) is 16.7. The minimum Gasteiger partial charge on any atom is -0.478 e. The van der Waals surface area contributed by atoms with Crippen molar-refractivity contribution in [1.82, 2.24) is 4.90 Å². The molecule has 0 amide bonds. The summed E-state index contributed by atoms with van der Waals surface area (Å²) in [5.74, 6) is -2.49. The predicted molar refractivity (Wildman–Crippen MR) is 128 cm³/mol. The van der Waals surface area contributed by atoms with E-state index in [1.165, 1.54) is 0 Å². The maximum Gasteiger partial charge on any atom is 0.342 e. The van der Waals surface area contributed by atoms with Gasteiger partial charge in [0.15, 0.2) is 11.0 Å². The molecular weight excluding hydrogens is 454 g/mol. The number of hydrogen-bond donors (Lipinski definition) is 2. The largest absolute Gasteiger partial charge is 0.478 e. The van der Waals surface area contributed by atoms with Gasteiger partial charge in [-0.25, -0.2) is 14.4 Å². The number of nitrogens with zero attached hydrogens (tertiary/aromatic N) is 1. The highest BCUT2D eigenvalue weighted by atomic mass is 16.5. The number of rotatable bonds is 5. The summed E-state index contributed by atoms with van der Waals surface area (Å²) in [6.45, 7) is 3.36. The molecule has 9 heteroatoms. The van der Waals surface area contributed by atoms with Crippen LogP contribution in [0, 0.1) is 6.92 Å². The molecule has 1 aromatic heterocycles. The Morgan fingerprint density at radius 1 is 1.03 bits per heavy atom. The highest BCUT2D eigenvalue weighted by Crippen LogP contribution is 2.28. The van der Waals surface area contributed by atoms with Gasteiger partial charge >= 0.3 is 17.9 Å². The van der Waals surface area contributed by atoms with Crippen molar-refractivity contribution in [1.29, 1.82) is 0 Å². The van der Waals surface area contributed by atoms with Crippen molar-refractivity contribution in [2.45, 2.75) is 19.4 Å². The summed E-state index contributed by atoms with van der Waals surface area (Å²) in [6, 6.07) is 14.5. The Bertz CT molecular complexity index is 1310. The van der Waals surface area contributed by atoms with Gasteiger partial charge in [-0.15, -0.1) is 0 Å². The number of aliphatic carboxylic acids is 2. The molecule has 0 saturated carbocycles. The Balaban J connectivity index is 0.000000371. The van der Waals surface area contributed by atoms with Crippen molar-refractivity contribution < 1.29 is 33.8 Å². The molecular formula is C26H25NO8. The van der Waals surface area contributed by atoms with Crippen molar-refractivity contribution in [3.8, 4) is 11.3 Å². The minimum atomic E-state index is -1.26. The summed E-state index contributed by atoms with van der Waals surface area (Å²) in [6.07, 6.45) is 1.79. The Kier molecular flexibility index (Phi) is 8.17. The summed E-state index contributed by atoms with van der Waals surface area (Å²) in [5.41, 5.74) is 1.76. The number of carbonyl (C=O) groups is 3. The van der Waals surface area contributed by atoms with Crippen LogP contribution in [0.1, 0.15) is 22.3 Å². The number of fused-ring (bicyclic) bond motifs is 1. The molecule has 1 fully saturated rings. The van der Waals surface area contributed by atoms with E-state index in [0.29, 0.717) is 28.9 Å². The van der Waals surface area contributed by atoms with E-state index in [1.54, 1.807) is 25.1 Å². The molecule has 1 atom stereocenters. The van der Waals surface area contributed by atoms with E-state index in [9.17, 15) is 19.2 Å². The molecule has 2 heterocycles. The number of carboxylic acids is 2. The highest BCUT2D eigenvalue weighted by molar-refractivity contribution is 6.02. The fourth-order valence-corrected chi connectivity index (χ4v) is 3.68. The van der Waals surface area contributed by atoms with Crippen molar-refractivity contribution in [2.75, 3.05) is 20.1 Å². The van der Waals surface area contributed by atoms with Gasteiger partial charge in [-0.2, -0.15) is 0 Å². The van der Waals surface area contributed by atoms with Crippen LogP contribution in [0.25, 0.3) is 22.3 Å². The van der Waals surface area contributed by atoms with Crippen LogP contribution in [0.4, 0.5) is 0 Å². The van der Waals surface area contributed by atoms with Crippen LogP contribution in [0.5, 0.6) is 0 Å². The lowest BCUT2D eigenvalue weighted by atomic mass is 10.0. The van der Waals surface area contributed by atoms with Gasteiger partial charge in [0.1, 0.15) is 17.4 Å². The summed E-state index contributed by atoms with van der Waals surface area (Å²) in [4.78, 5) is 46.9. The van der Waals surface area contributed by atoms with Gasteiger partial charge in [0.05, 0.1) is 5.39 Å². The number of para-hydroxylation sites is 1. The average molecular weight is 479 g/mol. The number of carbonyl (C=O) groups excluding carboxylic acids is 1. The van der Waals surface area contributed by atoms with E-state index in [1.807, 2.05) is 37.4 Å². The molecule has 9 nitrogen and oxygen atoms in total. The number of hydrogen-bond acceptors (Lipinski definition) is 7. The van der Waals surface area contributed by atoms with E-state index >= 15 is 0 Å². The summed E-state index contributed by atoms with van der Waals surface area (Å²) >= 11 is 0. The van der Waals surface area contributed by atoms with E-state index in [-0.39, 0.29) is 22.7 Å². The first-order valence-electron chi connectivity index (χ1n) is 10.8. The lowest BCUT2D eigenvalue weighted by Gasteiger charge is -2.14. The van der Waals surface area contributed by atoms with Gasteiger partial charge < -0.3 is 24.3 Å². The zero-order valence-corrected chi connectivity index (χ0v) is 19.3.